The number of hydrogen-bond donors (Lipinski definition) is 0. The molecule has 0 unspecified atom stereocenters. The van der Waals surface area contributed by atoms with Crippen LogP contribution >= 0.6 is 0 Å². The molecule has 1 aliphatic heterocycles. The van der Waals surface area contributed by atoms with E-state index in [0.717, 1.165) is 46.5 Å². The maximum Gasteiger partial charge on any atom is 0.264 e. The van der Waals surface area contributed by atoms with E-state index in [1.807, 2.05) is 57.2 Å². The molecule has 0 atom stereocenters. The minimum absolute atomic E-state index is 0.345. The van der Waals surface area contributed by atoms with E-state index in [-0.39, 0.29) is 0 Å². The Hall–Kier alpha value is -2.60. The summed E-state index contributed by atoms with van der Waals surface area (Å²) in [7, 11) is -3.69. The van der Waals surface area contributed by atoms with Gasteiger partial charge in [-0.15, -0.1) is 0 Å². The van der Waals surface area contributed by atoms with Gasteiger partial charge < -0.3 is 4.52 Å². The largest absolute Gasteiger partial charge is 0.356 e. The highest BCUT2D eigenvalue weighted by atomic mass is 32.2. The Kier molecular flexibility index (Phi) is 4.75. The second kappa shape index (κ2) is 7.09. The van der Waals surface area contributed by atoms with Crippen LogP contribution in [-0.2, 0) is 22.9 Å². The number of aryl methyl sites for hydroxylation is 4. The zero-order chi connectivity index (χ0) is 19.9. The number of para-hydroxylation sites is 1. The Morgan fingerprint density at radius 2 is 1.96 bits per heavy atom. The summed E-state index contributed by atoms with van der Waals surface area (Å²) in [5.74, 6) is 0.576. The van der Waals surface area contributed by atoms with Gasteiger partial charge in [-0.2, -0.15) is 0 Å². The molecule has 3 aromatic rings. The van der Waals surface area contributed by atoms with E-state index >= 15 is 0 Å². The van der Waals surface area contributed by atoms with Crippen molar-refractivity contribution in [3.63, 3.8) is 0 Å². The third kappa shape index (κ3) is 3.11. The number of sulfonamides is 1. The Labute approximate surface area is 166 Å². The van der Waals surface area contributed by atoms with Crippen molar-refractivity contribution in [2.75, 3.05) is 10.8 Å². The number of hydrogen-bond acceptors (Lipinski definition) is 4. The molecule has 0 spiro atoms. The molecule has 2 heterocycles. The van der Waals surface area contributed by atoms with E-state index in [4.69, 9.17) is 4.52 Å². The Balaban J connectivity index is 1.87. The zero-order valence-electron chi connectivity index (χ0n) is 16.4. The summed E-state index contributed by atoms with van der Waals surface area (Å²) in [5, 5.41) is 3.92. The molecule has 0 saturated carbocycles. The van der Waals surface area contributed by atoms with Gasteiger partial charge >= 0.3 is 0 Å². The van der Waals surface area contributed by atoms with Crippen molar-refractivity contribution >= 4 is 15.7 Å². The molecule has 28 heavy (non-hydrogen) atoms. The van der Waals surface area contributed by atoms with Gasteiger partial charge in [-0.05, 0) is 55.9 Å². The van der Waals surface area contributed by atoms with Gasteiger partial charge in [-0.25, -0.2) is 8.42 Å². The van der Waals surface area contributed by atoms with Crippen LogP contribution in [0.2, 0.25) is 0 Å². The Morgan fingerprint density at radius 1 is 1.14 bits per heavy atom. The Morgan fingerprint density at radius 3 is 2.68 bits per heavy atom. The quantitative estimate of drug-likeness (QED) is 0.643. The van der Waals surface area contributed by atoms with E-state index in [1.165, 1.54) is 0 Å². The number of aromatic nitrogens is 1. The lowest BCUT2D eigenvalue weighted by molar-refractivity contribution is 0.427. The second-order valence-corrected chi connectivity index (χ2v) is 9.10. The van der Waals surface area contributed by atoms with Crippen molar-refractivity contribution in [3.8, 4) is 11.3 Å². The number of benzene rings is 2. The first kappa shape index (κ1) is 18.7. The predicted octanol–water partition coefficient (Wildman–Crippen LogP) is 4.66. The first-order valence-electron chi connectivity index (χ1n) is 9.59. The summed E-state index contributed by atoms with van der Waals surface area (Å²) in [6.07, 6.45) is 2.36. The van der Waals surface area contributed by atoms with Crippen LogP contribution in [0.25, 0.3) is 11.3 Å². The van der Waals surface area contributed by atoms with Gasteiger partial charge in [0.25, 0.3) is 10.0 Å². The molecule has 0 amide bonds. The zero-order valence-corrected chi connectivity index (χ0v) is 17.2. The molecule has 6 heteroatoms. The first-order valence-corrected chi connectivity index (χ1v) is 11.0. The van der Waals surface area contributed by atoms with Crippen LogP contribution in [0.5, 0.6) is 0 Å². The molecular formula is C22H24N2O3S. The van der Waals surface area contributed by atoms with Crippen LogP contribution < -0.4 is 4.31 Å². The summed E-state index contributed by atoms with van der Waals surface area (Å²) in [5.41, 5.74) is 5.20. The number of anilines is 1. The lowest BCUT2D eigenvalue weighted by atomic mass is 10.0. The van der Waals surface area contributed by atoms with Gasteiger partial charge in [0.15, 0.2) is 5.76 Å². The van der Waals surface area contributed by atoms with E-state index in [1.54, 1.807) is 10.4 Å². The van der Waals surface area contributed by atoms with Crippen molar-refractivity contribution in [1.29, 1.82) is 0 Å². The van der Waals surface area contributed by atoms with Crippen molar-refractivity contribution in [3.05, 3.63) is 64.8 Å². The fraction of sp³-hybridized carbons (Fsp3) is 0.318. The van der Waals surface area contributed by atoms with E-state index in [0.29, 0.717) is 23.6 Å². The van der Waals surface area contributed by atoms with Crippen molar-refractivity contribution < 1.29 is 12.9 Å². The molecule has 0 aliphatic carbocycles. The van der Waals surface area contributed by atoms with Gasteiger partial charge in [0.2, 0.25) is 0 Å². The average Bonchev–Trinajstić information content (AvgIpc) is 3.13. The van der Waals surface area contributed by atoms with Gasteiger partial charge in [0.05, 0.1) is 16.3 Å². The molecular weight excluding hydrogens is 372 g/mol. The predicted molar refractivity (Wildman–Crippen MR) is 110 cm³/mol. The standard InChI is InChI=1S/C22H24N2O3S/c1-4-17-10-11-19(20-13-16(3)23-27-20)14-21(17)28(25,26)24-12-6-9-18-8-5-7-15(2)22(18)24/h5,7-8,10-11,13-14H,4,6,9,12H2,1-3H3. The number of fused-ring (bicyclic) bond motifs is 1. The molecule has 0 saturated heterocycles. The second-order valence-electron chi connectivity index (χ2n) is 7.27. The molecule has 5 nitrogen and oxygen atoms in total. The normalized spacial score (nSPS) is 14.2. The molecule has 2 aromatic carbocycles. The van der Waals surface area contributed by atoms with E-state index in [2.05, 4.69) is 5.16 Å². The fourth-order valence-electron chi connectivity index (χ4n) is 3.90. The monoisotopic (exact) mass is 396 g/mol. The highest BCUT2D eigenvalue weighted by Crippen LogP contribution is 2.36. The average molecular weight is 397 g/mol. The lowest BCUT2D eigenvalue weighted by Gasteiger charge is -2.32. The topological polar surface area (TPSA) is 63.4 Å². The minimum atomic E-state index is -3.69. The molecule has 0 N–H and O–H groups in total. The van der Waals surface area contributed by atoms with Gasteiger partial charge in [-0.3, -0.25) is 4.31 Å². The number of nitrogens with zero attached hydrogens (tertiary/aromatic N) is 2. The lowest BCUT2D eigenvalue weighted by Crippen LogP contribution is -2.36. The van der Waals surface area contributed by atoms with Crippen LogP contribution in [0.4, 0.5) is 5.69 Å². The fourth-order valence-corrected chi connectivity index (χ4v) is 5.83. The molecule has 1 aliphatic rings. The van der Waals surface area contributed by atoms with Crippen LogP contribution in [0.1, 0.15) is 35.7 Å². The third-order valence-corrected chi connectivity index (χ3v) is 7.19. The van der Waals surface area contributed by atoms with Crippen LogP contribution in [-0.4, -0.2) is 20.1 Å². The summed E-state index contributed by atoms with van der Waals surface area (Å²) < 4.78 is 34.4. The molecule has 0 bridgehead atoms. The van der Waals surface area contributed by atoms with E-state index < -0.39 is 10.0 Å². The Bertz CT molecular complexity index is 1130. The smallest absolute Gasteiger partial charge is 0.264 e. The van der Waals surface area contributed by atoms with Crippen LogP contribution in [0.15, 0.2) is 51.9 Å². The van der Waals surface area contributed by atoms with E-state index in [9.17, 15) is 8.42 Å². The molecule has 1 aromatic heterocycles. The number of rotatable bonds is 4. The third-order valence-electron chi connectivity index (χ3n) is 5.31. The highest BCUT2D eigenvalue weighted by Gasteiger charge is 2.32. The maximum atomic E-state index is 13.8. The van der Waals surface area contributed by atoms with Crippen molar-refractivity contribution in [2.45, 2.75) is 44.9 Å². The summed E-state index contributed by atoms with van der Waals surface area (Å²) >= 11 is 0. The first-order chi connectivity index (χ1) is 13.4. The van der Waals surface area contributed by atoms with Gasteiger partial charge in [-0.1, -0.05) is 42.4 Å². The highest BCUT2D eigenvalue weighted by molar-refractivity contribution is 7.93. The molecule has 4 rings (SSSR count). The summed E-state index contributed by atoms with van der Waals surface area (Å²) in [4.78, 5) is 0.345. The summed E-state index contributed by atoms with van der Waals surface area (Å²) in [6.45, 7) is 6.29. The van der Waals surface area contributed by atoms with Crippen molar-refractivity contribution in [2.24, 2.45) is 0 Å². The minimum Gasteiger partial charge on any atom is -0.356 e. The van der Waals surface area contributed by atoms with Gasteiger partial charge in [0, 0.05) is 18.2 Å². The van der Waals surface area contributed by atoms with Crippen molar-refractivity contribution in [1.82, 2.24) is 5.16 Å². The van der Waals surface area contributed by atoms with Crippen LogP contribution in [0, 0.1) is 13.8 Å². The van der Waals surface area contributed by atoms with Gasteiger partial charge in [0.1, 0.15) is 0 Å². The SMILES string of the molecule is CCc1ccc(-c2cc(C)no2)cc1S(=O)(=O)N1CCCc2cccc(C)c21. The maximum absolute atomic E-state index is 13.8. The summed E-state index contributed by atoms with van der Waals surface area (Å²) in [6, 6.07) is 13.3. The molecule has 146 valence electrons. The van der Waals surface area contributed by atoms with Crippen LogP contribution in [0.3, 0.4) is 0 Å². The molecule has 0 radical (unpaired) electrons. The molecule has 0 fully saturated rings.